The maximum absolute atomic E-state index is 6.29. The number of hydrogen-bond donors (Lipinski definition) is 1. The van der Waals surface area contributed by atoms with E-state index in [1.54, 1.807) is 0 Å². The average Bonchev–Trinajstić information content (AvgIpc) is 3.07. The van der Waals surface area contributed by atoms with Gasteiger partial charge in [-0.05, 0) is 55.3 Å². The number of benzene rings is 2. The van der Waals surface area contributed by atoms with Crippen molar-refractivity contribution in [2.24, 2.45) is 31.4 Å². The van der Waals surface area contributed by atoms with Gasteiger partial charge < -0.3 is 5.32 Å². The highest BCUT2D eigenvalue weighted by Gasteiger charge is 2.16. The molecule has 32 heavy (non-hydrogen) atoms. The molecule has 7 heteroatoms. The van der Waals surface area contributed by atoms with Gasteiger partial charge in [0, 0.05) is 23.2 Å². The fourth-order valence-electron chi connectivity index (χ4n) is 3.79. The second kappa shape index (κ2) is 10.0. The van der Waals surface area contributed by atoms with E-state index >= 15 is 0 Å². The molecule has 0 bridgehead atoms. The lowest BCUT2D eigenvalue weighted by Gasteiger charge is -2.05. The van der Waals surface area contributed by atoms with Gasteiger partial charge in [0.2, 0.25) is 11.8 Å². The molecule has 0 aliphatic heterocycles. The summed E-state index contributed by atoms with van der Waals surface area (Å²) in [6, 6.07) is 16.4. The van der Waals surface area contributed by atoms with E-state index in [0.717, 1.165) is 48.3 Å². The van der Waals surface area contributed by atoms with Crippen LogP contribution in [-0.2, 0) is 34.0 Å². The van der Waals surface area contributed by atoms with Crippen LogP contribution in [0.15, 0.2) is 77.5 Å². The Morgan fingerprint density at radius 3 is 2.25 bits per heavy atom. The minimum atomic E-state index is 0.650. The number of imidazole rings is 1. The van der Waals surface area contributed by atoms with Gasteiger partial charge in [-0.2, -0.15) is 5.11 Å². The van der Waals surface area contributed by atoms with E-state index in [1.165, 1.54) is 11.1 Å². The van der Waals surface area contributed by atoms with Crippen molar-refractivity contribution in [2.45, 2.75) is 12.8 Å². The molecule has 2 aromatic carbocycles. The largest absolute Gasteiger partial charge is 0.316 e. The summed E-state index contributed by atoms with van der Waals surface area (Å²) in [5, 5.41) is 13.1. The third-order valence-corrected chi connectivity index (χ3v) is 5.77. The number of halogens is 1. The maximum Gasteiger partial charge on any atom is 0.244 e. The van der Waals surface area contributed by atoms with Crippen LogP contribution >= 0.6 is 11.6 Å². The molecular weight excluding hydrogens is 420 g/mol. The molecule has 0 aliphatic carbocycles. The number of rotatable bonds is 8. The lowest BCUT2D eigenvalue weighted by atomic mass is 10.1. The van der Waals surface area contributed by atoms with Crippen LogP contribution in [0.2, 0.25) is 5.02 Å². The van der Waals surface area contributed by atoms with Crippen LogP contribution < -0.4 is 14.5 Å². The predicted molar refractivity (Wildman–Crippen MR) is 128 cm³/mol. The third kappa shape index (κ3) is 5.39. The van der Waals surface area contributed by atoms with Gasteiger partial charge in [0.05, 0.1) is 19.8 Å². The first-order valence-electron chi connectivity index (χ1n) is 10.8. The van der Waals surface area contributed by atoms with Crippen molar-refractivity contribution in [3.8, 4) is 0 Å². The Balaban J connectivity index is 1.32. The smallest absolute Gasteiger partial charge is 0.244 e. The first-order valence-corrected chi connectivity index (χ1v) is 11.2. The molecule has 0 aliphatic rings. The molecule has 0 saturated heterocycles. The first-order chi connectivity index (χ1) is 15.5. The summed E-state index contributed by atoms with van der Waals surface area (Å²) in [5.74, 6) is 0. The maximum atomic E-state index is 6.29. The number of aryl methyl sites for hydroxylation is 3. The fraction of sp³-hybridized carbons (Fsp3) is 0.280. The van der Waals surface area contributed by atoms with Crippen LogP contribution in [0.1, 0.15) is 11.1 Å². The lowest BCUT2D eigenvalue weighted by molar-refractivity contribution is -0.671. The number of aromatic nitrogens is 3. The van der Waals surface area contributed by atoms with Gasteiger partial charge in [0.25, 0.3) is 0 Å². The molecule has 0 amide bonds. The predicted octanol–water partition coefficient (Wildman–Crippen LogP) is 4.27. The number of hydrogen-bond acceptors (Lipinski definition) is 3. The van der Waals surface area contributed by atoms with Crippen LogP contribution in [0.25, 0.3) is 11.0 Å². The van der Waals surface area contributed by atoms with Gasteiger partial charge in [-0.15, -0.1) is 5.11 Å². The molecule has 0 spiro atoms. The van der Waals surface area contributed by atoms with E-state index in [9.17, 15) is 0 Å². The quantitative estimate of drug-likeness (QED) is 0.244. The highest BCUT2D eigenvalue weighted by molar-refractivity contribution is 6.31. The Kier molecular flexibility index (Phi) is 6.93. The molecule has 0 atom stereocenters. The molecular formula is C25H29ClN6+2. The number of pyridine rings is 1. The highest BCUT2D eigenvalue weighted by Crippen LogP contribution is 2.29. The zero-order chi connectivity index (χ0) is 22.5. The van der Waals surface area contributed by atoms with Crippen LogP contribution in [0, 0.1) is 0 Å². The topological polar surface area (TPSA) is 49.4 Å². The van der Waals surface area contributed by atoms with E-state index in [2.05, 4.69) is 56.8 Å². The zero-order valence-corrected chi connectivity index (χ0v) is 19.5. The average molecular weight is 449 g/mol. The van der Waals surface area contributed by atoms with Crippen molar-refractivity contribution in [2.75, 3.05) is 13.1 Å². The van der Waals surface area contributed by atoms with Gasteiger partial charge in [-0.3, -0.25) is 0 Å². The number of fused-ring (bicyclic) bond motifs is 1. The van der Waals surface area contributed by atoms with E-state index < -0.39 is 0 Å². The summed E-state index contributed by atoms with van der Waals surface area (Å²) in [5.41, 5.74) is 6.25. The number of azo groups is 1. The van der Waals surface area contributed by atoms with Crippen molar-refractivity contribution in [1.82, 2.24) is 9.88 Å². The Morgan fingerprint density at radius 2 is 1.56 bits per heavy atom. The number of nitrogens with zero attached hydrogens (tertiary/aromatic N) is 5. The van der Waals surface area contributed by atoms with Gasteiger partial charge >= 0.3 is 0 Å². The lowest BCUT2D eigenvalue weighted by Crippen LogP contribution is -2.26. The van der Waals surface area contributed by atoms with Crippen molar-refractivity contribution >= 4 is 34.0 Å². The van der Waals surface area contributed by atoms with Crippen molar-refractivity contribution in [3.63, 3.8) is 0 Å². The molecule has 4 aromatic rings. The van der Waals surface area contributed by atoms with Crippen molar-refractivity contribution < 1.29 is 9.13 Å². The van der Waals surface area contributed by atoms with Crippen LogP contribution in [-0.4, -0.2) is 17.7 Å². The van der Waals surface area contributed by atoms with Gasteiger partial charge in [0.15, 0.2) is 17.9 Å². The SMILES string of the molecule is Cn1c[n+](C)c2c(N=Nc3ccc(CCNCCc4cc[n+](C)cc4)cc3)cc(Cl)cc21. The summed E-state index contributed by atoms with van der Waals surface area (Å²) in [6.07, 6.45) is 8.20. The third-order valence-electron chi connectivity index (χ3n) is 5.55. The van der Waals surface area contributed by atoms with E-state index in [0.29, 0.717) is 5.02 Å². The minimum absolute atomic E-state index is 0.650. The molecule has 0 unspecified atom stereocenters. The molecule has 0 radical (unpaired) electrons. The molecule has 4 rings (SSSR count). The Bertz CT molecular complexity index is 1230. The molecule has 164 valence electrons. The Hall–Kier alpha value is -3.09. The summed E-state index contributed by atoms with van der Waals surface area (Å²) < 4.78 is 6.12. The minimum Gasteiger partial charge on any atom is -0.316 e. The van der Waals surface area contributed by atoms with E-state index in [4.69, 9.17) is 11.6 Å². The zero-order valence-electron chi connectivity index (χ0n) is 18.8. The number of nitrogens with one attached hydrogen (secondary N) is 1. The van der Waals surface area contributed by atoms with Crippen LogP contribution in [0.5, 0.6) is 0 Å². The van der Waals surface area contributed by atoms with E-state index in [-0.39, 0.29) is 0 Å². The Labute approximate surface area is 193 Å². The van der Waals surface area contributed by atoms with Gasteiger partial charge in [-0.25, -0.2) is 13.7 Å². The van der Waals surface area contributed by atoms with Gasteiger partial charge in [-0.1, -0.05) is 23.7 Å². The summed E-state index contributed by atoms with van der Waals surface area (Å²) >= 11 is 6.29. The van der Waals surface area contributed by atoms with Crippen LogP contribution in [0.3, 0.4) is 0 Å². The molecule has 2 heterocycles. The second-order valence-electron chi connectivity index (χ2n) is 8.12. The summed E-state index contributed by atoms with van der Waals surface area (Å²) in [7, 11) is 6.03. The first kappa shape index (κ1) is 22.1. The molecule has 2 aromatic heterocycles. The Morgan fingerprint density at radius 1 is 0.906 bits per heavy atom. The normalized spacial score (nSPS) is 11.6. The second-order valence-corrected chi connectivity index (χ2v) is 8.55. The summed E-state index contributed by atoms with van der Waals surface area (Å²) in [4.78, 5) is 0. The van der Waals surface area contributed by atoms with Crippen LogP contribution in [0.4, 0.5) is 11.4 Å². The van der Waals surface area contributed by atoms with Crippen molar-refractivity contribution in [1.29, 1.82) is 0 Å². The highest BCUT2D eigenvalue weighted by atomic mass is 35.5. The molecule has 6 nitrogen and oxygen atoms in total. The fourth-order valence-corrected chi connectivity index (χ4v) is 3.99. The van der Waals surface area contributed by atoms with Gasteiger partial charge in [0.1, 0.15) is 12.7 Å². The summed E-state index contributed by atoms with van der Waals surface area (Å²) in [6.45, 7) is 1.93. The molecule has 0 saturated carbocycles. The van der Waals surface area contributed by atoms with Crippen molar-refractivity contribution in [3.05, 3.63) is 83.4 Å². The van der Waals surface area contributed by atoms with E-state index in [1.807, 2.05) is 60.9 Å². The molecule has 1 N–H and O–H groups in total. The standard InChI is InChI=1S/C25H29ClN6/c1-30-14-10-20(11-15-30)9-13-27-12-8-19-4-6-22(7-5-19)28-29-23-16-21(26)17-24-25(23)32(3)18-31(24)2/h4-7,10-11,14-18,27H,8-9,12-13H2,1-3H3/q+2. The monoisotopic (exact) mass is 448 g/mol. The molecule has 0 fully saturated rings.